The number of halogens is 1. The fourth-order valence-electron chi connectivity index (χ4n) is 2.71. The van der Waals surface area contributed by atoms with Crippen LogP contribution in [0.1, 0.15) is 42.1 Å². The maximum Gasteiger partial charge on any atom is 0.153 e. The fraction of sp³-hybridized carbons (Fsp3) is 0.333. The van der Waals surface area contributed by atoms with Crippen LogP contribution < -0.4 is 0 Å². The van der Waals surface area contributed by atoms with Crippen LogP contribution in [0, 0.1) is 0 Å². The topological polar surface area (TPSA) is 34.9 Å². The Balaban J connectivity index is 2.02. The van der Waals surface area contributed by atoms with Gasteiger partial charge in [-0.1, -0.05) is 36.6 Å². The molecule has 1 fully saturated rings. The highest BCUT2D eigenvalue weighted by atomic mass is 35.5. The van der Waals surface area contributed by atoms with E-state index in [4.69, 9.17) is 11.6 Å². The molecule has 1 heterocycles. The molecule has 0 bridgehead atoms. The van der Waals surface area contributed by atoms with E-state index in [9.17, 15) is 4.79 Å². The summed E-state index contributed by atoms with van der Waals surface area (Å²) in [7, 11) is 0. The van der Waals surface area contributed by atoms with Crippen LogP contribution in [0.5, 0.6) is 0 Å². The largest absolute Gasteiger partial charge is 0.298 e. The van der Waals surface area contributed by atoms with Gasteiger partial charge in [0.25, 0.3) is 0 Å². The molecular formula is C15H15ClN2O. The molecule has 3 nitrogen and oxygen atoms in total. The Bertz CT molecular complexity index is 600. The maximum absolute atomic E-state index is 11.2. The first-order valence-electron chi connectivity index (χ1n) is 6.58. The van der Waals surface area contributed by atoms with Crippen molar-refractivity contribution in [2.45, 2.75) is 31.7 Å². The Morgan fingerprint density at radius 3 is 2.79 bits per heavy atom. The van der Waals surface area contributed by atoms with Crippen LogP contribution >= 0.6 is 11.6 Å². The zero-order valence-electron chi connectivity index (χ0n) is 10.6. The van der Waals surface area contributed by atoms with Crippen LogP contribution in [0.3, 0.4) is 0 Å². The normalized spacial score (nSPS) is 15.8. The molecule has 0 saturated heterocycles. The van der Waals surface area contributed by atoms with Crippen LogP contribution in [0.2, 0.25) is 5.02 Å². The summed E-state index contributed by atoms with van der Waals surface area (Å²) in [6.45, 7) is 0. The van der Waals surface area contributed by atoms with Crippen LogP contribution in [0.25, 0.3) is 11.3 Å². The van der Waals surface area contributed by atoms with Crippen molar-refractivity contribution in [2.24, 2.45) is 0 Å². The van der Waals surface area contributed by atoms with Crippen molar-refractivity contribution in [2.75, 3.05) is 0 Å². The molecule has 1 aliphatic carbocycles. The van der Waals surface area contributed by atoms with Gasteiger partial charge in [0.05, 0.1) is 11.6 Å². The molecule has 2 aromatic rings. The van der Waals surface area contributed by atoms with E-state index in [1.165, 1.54) is 12.8 Å². The smallest absolute Gasteiger partial charge is 0.153 e. The molecule has 4 heteroatoms. The van der Waals surface area contributed by atoms with Crippen molar-refractivity contribution < 1.29 is 4.79 Å². The molecule has 19 heavy (non-hydrogen) atoms. The van der Waals surface area contributed by atoms with E-state index in [1.54, 1.807) is 0 Å². The van der Waals surface area contributed by atoms with E-state index < -0.39 is 0 Å². The van der Waals surface area contributed by atoms with Crippen molar-refractivity contribution in [3.63, 3.8) is 0 Å². The van der Waals surface area contributed by atoms with E-state index in [1.807, 2.05) is 35.1 Å². The van der Waals surface area contributed by atoms with Crippen molar-refractivity contribution in [1.29, 1.82) is 0 Å². The van der Waals surface area contributed by atoms with Gasteiger partial charge < -0.3 is 0 Å². The molecule has 0 N–H and O–H groups in total. The third-order valence-corrected chi connectivity index (χ3v) is 3.92. The van der Waals surface area contributed by atoms with Gasteiger partial charge in [-0.05, 0) is 25.0 Å². The van der Waals surface area contributed by atoms with E-state index in [0.29, 0.717) is 16.6 Å². The molecule has 98 valence electrons. The van der Waals surface area contributed by atoms with Gasteiger partial charge in [0.1, 0.15) is 5.69 Å². The zero-order chi connectivity index (χ0) is 13.2. The highest BCUT2D eigenvalue weighted by Gasteiger charge is 2.20. The summed E-state index contributed by atoms with van der Waals surface area (Å²) >= 11 is 6.00. The highest BCUT2D eigenvalue weighted by Crippen LogP contribution is 2.31. The Kier molecular flexibility index (Phi) is 3.38. The lowest BCUT2D eigenvalue weighted by Crippen LogP contribution is -2.04. The number of carbonyl (C=O) groups is 1. The van der Waals surface area contributed by atoms with Gasteiger partial charge in [-0.2, -0.15) is 5.10 Å². The van der Waals surface area contributed by atoms with Crippen molar-refractivity contribution in [3.8, 4) is 11.3 Å². The Hall–Kier alpha value is -1.61. The van der Waals surface area contributed by atoms with Gasteiger partial charge in [0.15, 0.2) is 6.29 Å². The molecule has 0 aliphatic heterocycles. The van der Waals surface area contributed by atoms with Gasteiger partial charge in [-0.25, -0.2) is 0 Å². The molecule has 3 rings (SSSR count). The van der Waals surface area contributed by atoms with Gasteiger partial charge in [-0.15, -0.1) is 0 Å². The first-order chi connectivity index (χ1) is 9.28. The second kappa shape index (κ2) is 5.17. The van der Waals surface area contributed by atoms with Gasteiger partial charge in [0.2, 0.25) is 0 Å². The molecule has 0 spiro atoms. The molecule has 0 radical (unpaired) electrons. The molecule has 0 unspecified atom stereocenters. The monoisotopic (exact) mass is 274 g/mol. The molecule has 1 saturated carbocycles. The van der Waals surface area contributed by atoms with Crippen LogP contribution in [-0.2, 0) is 0 Å². The lowest BCUT2D eigenvalue weighted by Gasteiger charge is -2.08. The number of hydrogen-bond donors (Lipinski definition) is 0. The Labute approximate surface area is 117 Å². The zero-order valence-corrected chi connectivity index (χ0v) is 11.3. The molecule has 1 aromatic carbocycles. The third kappa shape index (κ3) is 2.43. The molecule has 0 atom stereocenters. The number of nitrogens with zero attached hydrogens (tertiary/aromatic N) is 2. The van der Waals surface area contributed by atoms with Crippen molar-refractivity contribution >= 4 is 17.9 Å². The Morgan fingerprint density at radius 2 is 2.11 bits per heavy atom. The van der Waals surface area contributed by atoms with E-state index >= 15 is 0 Å². The second-order valence-corrected chi connectivity index (χ2v) is 5.42. The molecule has 0 amide bonds. The minimum Gasteiger partial charge on any atom is -0.298 e. The summed E-state index contributed by atoms with van der Waals surface area (Å²) in [6.07, 6.45) is 7.51. The highest BCUT2D eigenvalue weighted by molar-refractivity contribution is 6.30. The minimum absolute atomic E-state index is 0.437. The van der Waals surface area contributed by atoms with Gasteiger partial charge in [-0.3, -0.25) is 9.48 Å². The standard InChI is InChI=1S/C15H15ClN2O/c16-13-5-3-4-11(8-13)15-12(10-19)9-18(17-15)14-6-1-2-7-14/h3-5,8-10,14H,1-2,6-7H2. The van der Waals surface area contributed by atoms with E-state index in [2.05, 4.69) is 5.10 Å². The van der Waals surface area contributed by atoms with Crippen molar-refractivity contribution in [1.82, 2.24) is 9.78 Å². The molecule has 1 aromatic heterocycles. The lowest BCUT2D eigenvalue weighted by molar-refractivity contribution is 0.112. The number of aldehydes is 1. The molecular weight excluding hydrogens is 260 g/mol. The predicted molar refractivity (Wildman–Crippen MR) is 75.6 cm³/mol. The number of hydrogen-bond acceptors (Lipinski definition) is 2. The fourth-order valence-corrected chi connectivity index (χ4v) is 2.90. The predicted octanol–water partition coefficient (Wildman–Crippen LogP) is 4.13. The molecule has 1 aliphatic rings. The summed E-state index contributed by atoms with van der Waals surface area (Å²) in [6, 6.07) is 7.91. The lowest BCUT2D eigenvalue weighted by atomic mass is 10.1. The first kappa shape index (κ1) is 12.4. The van der Waals surface area contributed by atoms with Crippen LogP contribution in [0.4, 0.5) is 0 Å². The minimum atomic E-state index is 0.437. The first-order valence-corrected chi connectivity index (χ1v) is 6.96. The van der Waals surface area contributed by atoms with Crippen LogP contribution in [-0.4, -0.2) is 16.1 Å². The van der Waals surface area contributed by atoms with Crippen molar-refractivity contribution in [3.05, 3.63) is 41.0 Å². The number of rotatable bonds is 3. The average Bonchev–Trinajstić information content (AvgIpc) is 3.07. The average molecular weight is 275 g/mol. The summed E-state index contributed by atoms with van der Waals surface area (Å²) in [5.74, 6) is 0. The number of benzene rings is 1. The SMILES string of the molecule is O=Cc1cn(C2CCCC2)nc1-c1cccc(Cl)c1. The van der Waals surface area contributed by atoms with Gasteiger partial charge in [0, 0.05) is 16.8 Å². The van der Waals surface area contributed by atoms with Gasteiger partial charge >= 0.3 is 0 Å². The number of carbonyl (C=O) groups excluding carboxylic acids is 1. The Morgan fingerprint density at radius 1 is 1.32 bits per heavy atom. The summed E-state index contributed by atoms with van der Waals surface area (Å²) in [5, 5.41) is 5.26. The summed E-state index contributed by atoms with van der Waals surface area (Å²) < 4.78 is 1.95. The van der Waals surface area contributed by atoms with E-state index in [-0.39, 0.29) is 0 Å². The quantitative estimate of drug-likeness (QED) is 0.789. The second-order valence-electron chi connectivity index (χ2n) is 4.98. The van der Waals surface area contributed by atoms with Crippen LogP contribution in [0.15, 0.2) is 30.5 Å². The summed E-state index contributed by atoms with van der Waals surface area (Å²) in [5.41, 5.74) is 2.25. The number of aromatic nitrogens is 2. The third-order valence-electron chi connectivity index (χ3n) is 3.68. The maximum atomic E-state index is 11.2. The summed E-state index contributed by atoms with van der Waals surface area (Å²) in [4.78, 5) is 11.2. The van der Waals surface area contributed by atoms with E-state index in [0.717, 1.165) is 30.4 Å².